The van der Waals surface area contributed by atoms with Gasteiger partial charge < -0.3 is 5.32 Å². The highest BCUT2D eigenvalue weighted by molar-refractivity contribution is 7.99. The Labute approximate surface area is 105 Å². The van der Waals surface area contributed by atoms with Crippen LogP contribution in [-0.2, 0) is 0 Å². The van der Waals surface area contributed by atoms with Gasteiger partial charge >= 0.3 is 0 Å². The van der Waals surface area contributed by atoms with Crippen LogP contribution >= 0.6 is 11.8 Å². The Balaban J connectivity index is 1.74. The quantitative estimate of drug-likeness (QED) is 0.805. The lowest BCUT2D eigenvalue weighted by atomic mass is 9.77. The SMILES string of the molecule is CC(C)(CNC1CCCSC1)C1CCCC1. The summed E-state index contributed by atoms with van der Waals surface area (Å²) < 4.78 is 0. The second-order valence-corrected chi connectivity index (χ2v) is 7.41. The van der Waals surface area contributed by atoms with E-state index >= 15 is 0 Å². The summed E-state index contributed by atoms with van der Waals surface area (Å²) in [6.07, 6.45) is 8.67. The third-order valence-electron chi connectivity index (χ3n) is 4.47. The second-order valence-electron chi connectivity index (χ2n) is 6.26. The molecule has 0 aromatic carbocycles. The normalized spacial score (nSPS) is 28.5. The van der Waals surface area contributed by atoms with E-state index in [9.17, 15) is 0 Å². The summed E-state index contributed by atoms with van der Waals surface area (Å²) in [5.41, 5.74) is 0.513. The van der Waals surface area contributed by atoms with Crippen molar-refractivity contribution in [3.8, 4) is 0 Å². The van der Waals surface area contributed by atoms with Crippen LogP contribution in [0, 0.1) is 11.3 Å². The van der Waals surface area contributed by atoms with Crippen molar-refractivity contribution in [2.45, 2.75) is 58.4 Å². The Morgan fingerprint density at radius 2 is 1.88 bits per heavy atom. The minimum atomic E-state index is 0.513. The van der Waals surface area contributed by atoms with Gasteiger partial charge in [-0.3, -0.25) is 0 Å². The number of hydrogen-bond acceptors (Lipinski definition) is 2. The fourth-order valence-electron chi connectivity index (χ4n) is 3.16. The molecule has 1 aliphatic carbocycles. The Morgan fingerprint density at radius 1 is 1.12 bits per heavy atom. The molecule has 1 nitrogen and oxygen atoms in total. The van der Waals surface area contributed by atoms with Crippen LogP contribution in [0.4, 0.5) is 0 Å². The molecule has 1 heterocycles. The van der Waals surface area contributed by atoms with Crippen molar-refractivity contribution in [1.29, 1.82) is 0 Å². The number of hydrogen-bond donors (Lipinski definition) is 1. The maximum Gasteiger partial charge on any atom is 0.0158 e. The van der Waals surface area contributed by atoms with Crippen molar-refractivity contribution < 1.29 is 0 Å². The van der Waals surface area contributed by atoms with Gasteiger partial charge in [-0.15, -0.1) is 0 Å². The number of rotatable bonds is 4. The van der Waals surface area contributed by atoms with Crippen molar-refractivity contribution in [2.75, 3.05) is 18.1 Å². The second kappa shape index (κ2) is 5.77. The Morgan fingerprint density at radius 3 is 2.50 bits per heavy atom. The molecular weight excluding hydrogens is 214 g/mol. The molecule has 0 aromatic rings. The van der Waals surface area contributed by atoms with Gasteiger partial charge in [0.05, 0.1) is 0 Å². The number of nitrogens with one attached hydrogen (secondary N) is 1. The highest BCUT2D eigenvalue weighted by Crippen LogP contribution is 2.39. The molecule has 1 N–H and O–H groups in total. The Kier molecular flexibility index (Phi) is 4.60. The summed E-state index contributed by atoms with van der Waals surface area (Å²) in [6.45, 7) is 6.15. The summed E-state index contributed by atoms with van der Waals surface area (Å²) in [7, 11) is 0. The molecule has 1 aliphatic heterocycles. The molecule has 16 heavy (non-hydrogen) atoms. The molecule has 2 rings (SSSR count). The molecule has 0 bridgehead atoms. The van der Waals surface area contributed by atoms with Crippen LogP contribution in [0.3, 0.4) is 0 Å². The van der Waals surface area contributed by atoms with Crippen LogP contribution in [0.1, 0.15) is 52.4 Å². The van der Waals surface area contributed by atoms with E-state index in [0.29, 0.717) is 5.41 Å². The van der Waals surface area contributed by atoms with E-state index in [2.05, 4.69) is 30.9 Å². The van der Waals surface area contributed by atoms with Crippen LogP contribution in [0.15, 0.2) is 0 Å². The van der Waals surface area contributed by atoms with Gasteiger partial charge in [0, 0.05) is 18.3 Å². The van der Waals surface area contributed by atoms with E-state index in [1.165, 1.54) is 56.6 Å². The summed E-state index contributed by atoms with van der Waals surface area (Å²) >= 11 is 2.12. The van der Waals surface area contributed by atoms with Crippen LogP contribution in [0.25, 0.3) is 0 Å². The van der Waals surface area contributed by atoms with Gasteiger partial charge in [-0.2, -0.15) is 11.8 Å². The highest BCUT2D eigenvalue weighted by atomic mass is 32.2. The van der Waals surface area contributed by atoms with Gasteiger partial charge in [-0.25, -0.2) is 0 Å². The average Bonchev–Trinajstić information content (AvgIpc) is 2.82. The van der Waals surface area contributed by atoms with E-state index in [1.807, 2.05) is 0 Å². The minimum Gasteiger partial charge on any atom is -0.313 e. The molecule has 1 unspecified atom stereocenters. The number of thioether (sulfide) groups is 1. The third kappa shape index (κ3) is 3.40. The first-order valence-corrected chi connectivity index (χ1v) is 8.15. The van der Waals surface area contributed by atoms with E-state index in [0.717, 1.165) is 12.0 Å². The molecule has 2 fully saturated rings. The van der Waals surface area contributed by atoms with Crippen molar-refractivity contribution in [3.63, 3.8) is 0 Å². The smallest absolute Gasteiger partial charge is 0.0158 e. The van der Waals surface area contributed by atoms with Crippen molar-refractivity contribution in [1.82, 2.24) is 5.32 Å². The lowest BCUT2D eigenvalue weighted by Crippen LogP contribution is -2.42. The maximum atomic E-state index is 3.82. The highest BCUT2D eigenvalue weighted by Gasteiger charge is 2.32. The first kappa shape index (κ1) is 12.8. The van der Waals surface area contributed by atoms with Crippen LogP contribution in [0.5, 0.6) is 0 Å². The lowest BCUT2D eigenvalue weighted by molar-refractivity contribution is 0.200. The van der Waals surface area contributed by atoms with Gasteiger partial charge in [0.15, 0.2) is 0 Å². The van der Waals surface area contributed by atoms with Crippen molar-refractivity contribution in [2.24, 2.45) is 11.3 Å². The Bertz CT molecular complexity index is 203. The van der Waals surface area contributed by atoms with Gasteiger partial charge in [0.25, 0.3) is 0 Å². The fraction of sp³-hybridized carbons (Fsp3) is 1.00. The maximum absolute atomic E-state index is 3.82. The molecule has 94 valence electrons. The van der Waals surface area contributed by atoms with Gasteiger partial charge in [-0.05, 0) is 42.8 Å². The largest absolute Gasteiger partial charge is 0.313 e. The van der Waals surface area contributed by atoms with Crippen LogP contribution < -0.4 is 5.32 Å². The summed E-state index contributed by atoms with van der Waals surface area (Å²) in [5, 5.41) is 3.82. The Hall–Kier alpha value is 0.310. The molecule has 0 spiro atoms. The first-order valence-electron chi connectivity index (χ1n) is 6.99. The van der Waals surface area contributed by atoms with Gasteiger partial charge in [0.1, 0.15) is 0 Å². The van der Waals surface area contributed by atoms with E-state index in [-0.39, 0.29) is 0 Å². The molecule has 1 saturated carbocycles. The summed E-state index contributed by atoms with van der Waals surface area (Å²) in [5.74, 6) is 3.68. The van der Waals surface area contributed by atoms with Gasteiger partial charge in [-0.1, -0.05) is 26.7 Å². The standard InChI is InChI=1S/C14H27NS/c1-14(2,12-6-3-4-7-12)11-15-13-8-5-9-16-10-13/h12-13,15H,3-11H2,1-2H3. The predicted molar refractivity (Wildman–Crippen MR) is 74.1 cm³/mol. The first-order chi connectivity index (χ1) is 7.68. The monoisotopic (exact) mass is 241 g/mol. The lowest BCUT2D eigenvalue weighted by Gasteiger charge is -2.34. The molecule has 0 amide bonds. The molecular formula is C14H27NS. The molecule has 1 atom stereocenters. The molecule has 2 aliphatic rings. The van der Waals surface area contributed by atoms with Crippen molar-refractivity contribution in [3.05, 3.63) is 0 Å². The molecule has 0 radical (unpaired) electrons. The summed E-state index contributed by atoms with van der Waals surface area (Å²) in [4.78, 5) is 0. The van der Waals surface area contributed by atoms with E-state index < -0.39 is 0 Å². The third-order valence-corrected chi connectivity index (χ3v) is 5.68. The van der Waals surface area contributed by atoms with Crippen LogP contribution in [-0.4, -0.2) is 24.1 Å². The van der Waals surface area contributed by atoms with E-state index in [4.69, 9.17) is 0 Å². The molecule has 0 aromatic heterocycles. The van der Waals surface area contributed by atoms with E-state index in [1.54, 1.807) is 0 Å². The van der Waals surface area contributed by atoms with Crippen molar-refractivity contribution >= 4 is 11.8 Å². The molecule has 1 saturated heterocycles. The average molecular weight is 241 g/mol. The van der Waals surface area contributed by atoms with Gasteiger partial charge in [0.2, 0.25) is 0 Å². The summed E-state index contributed by atoms with van der Waals surface area (Å²) in [6, 6.07) is 0.791. The zero-order valence-corrected chi connectivity index (χ0v) is 11.7. The zero-order chi connectivity index (χ0) is 11.4. The topological polar surface area (TPSA) is 12.0 Å². The predicted octanol–water partition coefficient (Wildman–Crippen LogP) is 3.69. The molecule has 2 heteroatoms. The fourth-order valence-corrected chi connectivity index (χ4v) is 4.27. The van der Waals surface area contributed by atoms with Crippen LogP contribution in [0.2, 0.25) is 0 Å². The minimum absolute atomic E-state index is 0.513. The zero-order valence-electron chi connectivity index (χ0n) is 10.9.